The van der Waals surface area contributed by atoms with Crippen molar-refractivity contribution in [3.8, 4) is 0 Å². The van der Waals surface area contributed by atoms with E-state index in [1.807, 2.05) is 0 Å². The molecule has 0 radical (unpaired) electrons. The van der Waals surface area contributed by atoms with Gasteiger partial charge in [0.2, 0.25) is 0 Å². The van der Waals surface area contributed by atoms with Gasteiger partial charge in [0.25, 0.3) is 0 Å². The Hall–Kier alpha value is -1.58. The molecule has 0 unspecified atom stereocenters. The van der Waals surface area contributed by atoms with E-state index in [-0.39, 0.29) is 0 Å². The molecule has 23 heavy (non-hydrogen) atoms. The molecule has 0 spiro atoms. The van der Waals surface area contributed by atoms with E-state index in [0.29, 0.717) is 0 Å². The van der Waals surface area contributed by atoms with Crippen LogP contribution in [0, 0.1) is 6.92 Å². The van der Waals surface area contributed by atoms with Crippen LogP contribution in [-0.4, -0.2) is 37.6 Å². The summed E-state index contributed by atoms with van der Waals surface area (Å²) in [5.41, 5.74) is 3.91. The maximum Gasteiger partial charge on any atom is 0.0370 e. The van der Waals surface area contributed by atoms with Crippen LogP contribution in [0.4, 0.5) is 5.69 Å². The Morgan fingerprint density at radius 1 is 1.00 bits per heavy atom. The van der Waals surface area contributed by atoms with Crippen molar-refractivity contribution in [2.24, 2.45) is 0 Å². The molecular formula is C20H23BrN2. The average Bonchev–Trinajstić information content (AvgIpc) is 2.59. The topological polar surface area (TPSA) is 6.48 Å². The van der Waals surface area contributed by atoms with Gasteiger partial charge in [-0.2, -0.15) is 0 Å². The quantitative estimate of drug-likeness (QED) is 0.776. The lowest BCUT2D eigenvalue weighted by Gasteiger charge is -2.35. The fourth-order valence-electron chi connectivity index (χ4n) is 2.92. The van der Waals surface area contributed by atoms with Crippen LogP contribution in [-0.2, 0) is 0 Å². The van der Waals surface area contributed by atoms with Gasteiger partial charge in [-0.3, -0.25) is 4.90 Å². The third kappa shape index (κ3) is 4.46. The number of piperazine rings is 1. The summed E-state index contributed by atoms with van der Waals surface area (Å²) in [4.78, 5) is 5.00. The number of rotatable bonds is 4. The summed E-state index contributed by atoms with van der Waals surface area (Å²) in [5, 5.41) is 0. The number of hydrogen-bond acceptors (Lipinski definition) is 2. The Morgan fingerprint density at radius 2 is 1.74 bits per heavy atom. The smallest absolute Gasteiger partial charge is 0.0370 e. The van der Waals surface area contributed by atoms with Crippen LogP contribution in [0.1, 0.15) is 11.1 Å². The van der Waals surface area contributed by atoms with Crippen molar-refractivity contribution in [1.29, 1.82) is 0 Å². The van der Waals surface area contributed by atoms with Gasteiger partial charge in [0.1, 0.15) is 0 Å². The second-order valence-electron chi connectivity index (χ2n) is 6.03. The highest BCUT2D eigenvalue weighted by Crippen LogP contribution is 2.23. The maximum absolute atomic E-state index is 3.58. The molecule has 0 aromatic heterocycles. The zero-order chi connectivity index (χ0) is 16.1. The van der Waals surface area contributed by atoms with Gasteiger partial charge in [0, 0.05) is 42.9 Å². The van der Waals surface area contributed by atoms with Gasteiger partial charge in [0.15, 0.2) is 0 Å². The van der Waals surface area contributed by atoms with Gasteiger partial charge in [-0.25, -0.2) is 0 Å². The molecule has 1 fully saturated rings. The normalized spacial score (nSPS) is 16.2. The molecule has 1 aliphatic rings. The van der Waals surface area contributed by atoms with Crippen LogP contribution >= 0.6 is 15.9 Å². The Morgan fingerprint density at radius 3 is 2.43 bits per heavy atom. The zero-order valence-corrected chi connectivity index (χ0v) is 15.2. The summed E-state index contributed by atoms with van der Waals surface area (Å²) >= 11 is 3.58. The van der Waals surface area contributed by atoms with Gasteiger partial charge >= 0.3 is 0 Å². The Labute approximate surface area is 147 Å². The van der Waals surface area contributed by atoms with E-state index in [9.17, 15) is 0 Å². The lowest BCUT2D eigenvalue weighted by atomic mass is 10.2. The first kappa shape index (κ1) is 16.3. The van der Waals surface area contributed by atoms with E-state index in [2.05, 4.69) is 93.3 Å². The molecule has 3 heteroatoms. The summed E-state index contributed by atoms with van der Waals surface area (Å²) in [6, 6.07) is 17.1. The molecular weight excluding hydrogens is 348 g/mol. The standard InChI is InChI=1S/C20H23BrN2/c1-17-16-19(9-10-20(17)21)23-14-12-22(13-15-23)11-5-8-18-6-3-2-4-7-18/h2-10,16H,11-15H2,1H3/b8-5+. The van der Waals surface area contributed by atoms with Gasteiger partial charge in [0.05, 0.1) is 0 Å². The molecule has 0 aliphatic carbocycles. The van der Waals surface area contributed by atoms with E-state index < -0.39 is 0 Å². The second-order valence-corrected chi connectivity index (χ2v) is 6.89. The number of aryl methyl sites for hydroxylation is 1. The lowest BCUT2D eigenvalue weighted by Crippen LogP contribution is -2.46. The summed E-state index contributed by atoms with van der Waals surface area (Å²) in [6.45, 7) is 7.61. The van der Waals surface area contributed by atoms with E-state index in [4.69, 9.17) is 0 Å². The number of nitrogens with zero attached hydrogens (tertiary/aromatic N) is 2. The maximum atomic E-state index is 3.58. The largest absolute Gasteiger partial charge is 0.369 e. The van der Waals surface area contributed by atoms with Gasteiger partial charge in [-0.1, -0.05) is 58.4 Å². The van der Waals surface area contributed by atoms with Crippen molar-refractivity contribution < 1.29 is 0 Å². The number of anilines is 1. The van der Waals surface area contributed by atoms with Crippen molar-refractivity contribution in [3.63, 3.8) is 0 Å². The van der Waals surface area contributed by atoms with Crippen molar-refractivity contribution in [2.75, 3.05) is 37.6 Å². The molecule has 1 saturated heterocycles. The third-order valence-corrected chi connectivity index (χ3v) is 5.24. The first-order valence-corrected chi connectivity index (χ1v) is 8.97. The molecule has 1 heterocycles. The molecule has 2 aromatic carbocycles. The fraction of sp³-hybridized carbons (Fsp3) is 0.300. The van der Waals surface area contributed by atoms with Crippen LogP contribution < -0.4 is 4.90 Å². The second kappa shape index (κ2) is 7.80. The average molecular weight is 371 g/mol. The zero-order valence-electron chi connectivity index (χ0n) is 13.6. The number of hydrogen-bond donors (Lipinski definition) is 0. The van der Waals surface area contributed by atoms with Crippen LogP contribution in [0.5, 0.6) is 0 Å². The first-order chi connectivity index (χ1) is 11.2. The Bertz CT molecular complexity index is 659. The monoisotopic (exact) mass is 370 g/mol. The summed E-state index contributed by atoms with van der Waals surface area (Å²) in [7, 11) is 0. The first-order valence-electron chi connectivity index (χ1n) is 8.17. The molecule has 1 aliphatic heterocycles. The molecule has 0 saturated carbocycles. The van der Waals surface area contributed by atoms with Crippen LogP contribution in [0.25, 0.3) is 6.08 Å². The highest BCUT2D eigenvalue weighted by molar-refractivity contribution is 9.10. The van der Waals surface area contributed by atoms with E-state index >= 15 is 0 Å². The third-order valence-electron chi connectivity index (χ3n) is 4.35. The SMILES string of the molecule is Cc1cc(N2CCN(C/C=C/c3ccccc3)CC2)ccc1Br. The predicted octanol–water partition coefficient (Wildman–Crippen LogP) is 4.59. The van der Waals surface area contributed by atoms with Gasteiger partial charge in [-0.15, -0.1) is 0 Å². The van der Waals surface area contributed by atoms with Crippen molar-refractivity contribution in [3.05, 3.63) is 70.2 Å². The molecule has 120 valence electrons. The van der Waals surface area contributed by atoms with Gasteiger partial charge < -0.3 is 4.90 Å². The molecule has 2 nitrogen and oxygen atoms in total. The molecule has 0 bridgehead atoms. The minimum atomic E-state index is 1.03. The molecule has 3 rings (SSSR count). The summed E-state index contributed by atoms with van der Waals surface area (Å²) in [5.74, 6) is 0. The van der Waals surface area contributed by atoms with E-state index in [0.717, 1.165) is 32.7 Å². The Kier molecular flexibility index (Phi) is 5.52. The van der Waals surface area contributed by atoms with E-state index in [1.165, 1.54) is 21.3 Å². The lowest BCUT2D eigenvalue weighted by molar-refractivity contribution is 0.284. The van der Waals surface area contributed by atoms with Crippen molar-refractivity contribution in [2.45, 2.75) is 6.92 Å². The minimum Gasteiger partial charge on any atom is -0.369 e. The Balaban J connectivity index is 1.50. The van der Waals surface area contributed by atoms with Crippen molar-refractivity contribution >= 4 is 27.7 Å². The molecule has 2 aromatic rings. The van der Waals surface area contributed by atoms with Crippen LogP contribution in [0.2, 0.25) is 0 Å². The van der Waals surface area contributed by atoms with Crippen LogP contribution in [0.3, 0.4) is 0 Å². The summed E-state index contributed by atoms with van der Waals surface area (Å²) < 4.78 is 1.19. The molecule has 0 atom stereocenters. The highest BCUT2D eigenvalue weighted by atomic mass is 79.9. The predicted molar refractivity (Wildman–Crippen MR) is 103 cm³/mol. The van der Waals surface area contributed by atoms with Crippen LogP contribution in [0.15, 0.2) is 59.1 Å². The fourth-order valence-corrected chi connectivity index (χ4v) is 3.16. The van der Waals surface area contributed by atoms with Crippen molar-refractivity contribution in [1.82, 2.24) is 4.90 Å². The summed E-state index contributed by atoms with van der Waals surface area (Å²) in [6.07, 6.45) is 4.49. The van der Waals surface area contributed by atoms with Gasteiger partial charge in [-0.05, 0) is 36.2 Å². The number of halogens is 1. The molecule has 0 amide bonds. The molecule has 0 N–H and O–H groups in total. The highest BCUT2D eigenvalue weighted by Gasteiger charge is 2.16. The van der Waals surface area contributed by atoms with E-state index in [1.54, 1.807) is 0 Å². The minimum absolute atomic E-state index is 1.03. The number of benzene rings is 2.